The number of nitrogens with two attached hydrogens (primary N) is 1. The van der Waals surface area contributed by atoms with Crippen molar-refractivity contribution < 1.29 is 9.59 Å². The highest BCUT2D eigenvalue weighted by Crippen LogP contribution is 2.33. The van der Waals surface area contributed by atoms with Crippen LogP contribution < -0.4 is 11.1 Å². The molecule has 0 radical (unpaired) electrons. The molecule has 7 nitrogen and oxygen atoms in total. The summed E-state index contributed by atoms with van der Waals surface area (Å²) in [6.45, 7) is 2.74. The van der Waals surface area contributed by atoms with Crippen LogP contribution in [0.2, 0.25) is 5.02 Å². The van der Waals surface area contributed by atoms with E-state index >= 15 is 0 Å². The normalized spacial score (nSPS) is 20.3. The molecular weight excluding hydrogens is 402 g/mol. The maximum atomic E-state index is 12.8. The van der Waals surface area contributed by atoms with Crippen molar-refractivity contribution in [3.8, 4) is 0 Å². The maximum absolute atomic E-state index is 12.8. The lowest BCUT2D eigenvalue weighted by atomic mass is 9.96. The summed E-state index contributed by atoms with van der Waals surface area (Å²) in [7, 11) is 0. The molecule has 1 fully saturated rings. The van der Waals surface area contributed by atoms with Gasteiger partial charge < -0.3 is 16.0 Å². The highest BCUT2D eigenvalue weighted by Gasteiger charge is 2.40. The third-order valence-electron chi connectivity index (χ3n) is 5.82. The van der Waals surface area contributed by atoms with E-state index in [1.807, 2.05) is 48.2 Å². The molecule has 0 spiro atoms. The average Bonchev–Trinajstić information content (AvgIpc) is 3.36. The average molecular weight is 426 g/mol. The number of hydrogen-bond donors (Lipinski definition) is 3. The number of nitrogens with one attached hydrogen (secondary N) is 2. The summed E-state index contributed by atoms with van der Waals surface area (Å²) in [5.41, 5.74) is 8.36. The molecule has 2 amide bonds. The van der Waals surface area contributed by atoms with Crippen LogP contribution in [0.3, 0.4) is 0 Å². The van der Waals surface area contributed by atoms with Gasteiger partial charge in [0.1, 0.15) is 5.65 Å². The highest BCUT2D eigenvalue weighted by molar-refractivity contribution is 6.35. The summed E-state index contributed by atoms with van der Waals surface area (Å²) in [5, 5.41) is 4.35. The summed E-state index contributed by atoms with van der Waals surface area (Å²) >= 11 is 6.14. The predicted octanol–water partition coefficient (Wildman–Crippen LogP) is 2.56. The fourth-order valence-corrected chi connectivity index (χ4v) is 4.33. The van der Waals surface area contributed by atoms with Crippen LogP contribution in [0.5, 0.6) is 0 Å². The topological polar surface area (TPSA) is 104 Å². The summed E-state index contributed by atoms with van der Waals surface area (Å²) in [4.78, 5) is 34.1. The largest absolute Gasteiger partial charge is 0.368 e. The van der Waals surface area contributed by atoms with Gasteiger partial charge in [-0.3, -0.25) is 14.5 Å². The number of H-pyrrole nitrogens is 1. The van der Waals surface area contributed by atoms with Gasteiger partial charge in [0.25, 0.3) is 0 Å². The van der Waals surface area contributed by atoms with E-state index < -0.39 is 18.0 Å². The summed E-state index contributed by atoms with van der Waals surface area (Å²) in [5.74, 6) is -0.388. The molecule has 8 heteroatoms. The minimum atomic E-state index is -0.483. The minimum Gasteiger partial charge on any atom is -0.368 e. The van der Waals surface area contributed by atoms with E-state index in [1.165, 1.54) is 0 Å². The van der Waals surface area contributed by atoms with Crippen LogP contribution in [0.4, 0.5) is 0 Å². The number of pyridine rings is 1. The molecule has 2 unspecified atom stereocenters. The van der Waals surface area contributed by atoms with Gasteiger partial charge in [0.2, 0.25) is 11.8 Å². The number of rotatable bonds is 6. The van der Waals surface area contributed by atoms with Crippen molar-refractivity contribution in [1.82, 2.24) is 20.2 Å². The Kier molecular flexibility index (Phi) is 5.74. The Bertz CT molecular complexity index is 1070. The highest BCUT2D eigenvalue weighted by atomic mass is 35.5. The fraction of sp³-hybridized carbons (Fsp3) is 0.318. The van der Waals surface area contributed by atoms with Gasteiger partial charge in [-0.2, -0.15) is 0 Å². The first-order valence-corrected chi connectivity index (χ1v) is 10.3. The van der Waals surface area contributed by atoms with Gasteiger partial charge in [0.05, 0.1) is 17.1 Å². The van der Waals surface area contributed by atoms with Gasteiger partial charge in [-0.1, -0.05) is 41.9 Å². The number of benzene rings is 1. The third kappa shape index (κ3) is 4.04. The van der Waals surface area contributed by atoms with Gasteiger partial charge >= 0.3 is 0 Å². The zero-order valence-corrected chi connectivity index (χ0v) is 17.4. The van der Waals surface area contributed by atoms with Crippen LogP contribution in [-0.2, 0) is 16.1 Å². The van der Waals surface area contributed by atoms with E-state index in [1.54, 1.807) is 12.4 Å². The van der Waals surface area contributed by atoms with Crippen LogP contribution in [0.15, 0.2) is 48.8 Å². The minimum absolute atomic E-state index is 0.157. The quantitative estimate of drug-likeness (QED) is 0.564. The van der Waals surface area contributed by atoms with E-state index in [-0.39, 0.29) is 11.8 Å². The second-order valence-electron chi connectivity index (χ2n) is 7.73. The molecule has 0 bridgehead atoms. The Hall–Kier alpha value is -2.90. The second kappa shape index (κ2) is 8.45. The smallest absolute Gasteiger partial charge is 0.237 e. The number of aromatic amines is 1. The van der Waals surface area contributed by atoms with Gasteiger partial charge in [-0.25, -0.2) is 4.98 Å². The number of fused-ring (bicyclic) bond motifs is 1. The van der Waals surface area contributed by atoms with Crippen molar-refractivity contribution in [1.29, 1.82) is 0 Å². The summed E-state index contributed by atoms with van der Waals surface area (Å²) < 4.78 is 0. The van der Waals surface area contributed by atoms with Crippen LogP contribution >= 0.6 is 11.6 Å². The molecule has 30 heavy (non-hydrogen) atoms. The number of nitrogens with zero attached hydrogens (tertiary/aromatic N) is 2. The van der Waals surface area contributed by atoms with Crippen LogP contribution in [0.25, 0.3) is 11.0 Å². The molecule has 1 aliphatic heterocycles. The first kappa shape index (κ1) is 20.4. The number of likely N-dealkylation sites (tertiary alicyclic amines) is 1. The monoisotopic (exact) mass is 425 g/mol. The Morgan fingerprint density at radius 1 is 1.37 bits per heavy atom. The molecule has 0 saturated carbocycles. The number of aromatic nitrogens is 2. The number of carbonyl (C=O) groups is 2. The van der Waals surface area contributed by atoms with Crippen molar-refractivity contribution in [2.75, 3.05) is 6.54 Å². The molecular formula is C22H24ClN5O2. The van der Waals surface area contributed by atoms with Gasteiger partial charge in [-0.15, -0.1) is 0 Å². The van der Waals surface area contributed by atoms with Crippen molar-refractivity contribution in [2.24, 2.45) is 5.73 Å². The third-order valence-corrected chi connectivity index (χ3v) is 6.13. The molecule has 4 N–H and O–H groups in total. The number of amides is 2. The molecule has 156 valence electrons. The molecule has 3 heterocycles. The fourth-order valence-electron chi connectivity index (χ4n) is 4.13. The number of carbonyl (C=O) groups excluding carboxylic acids is 2. The van der Waals surface area contributed by atoms with Crippen molar-refractivity contribution in [3.05, 3.63) is 64.9 Å². The van der Waals surface area contributed by atoms with E-state index in [2.05, 4.69) is 15.3 Å². The van der Waals surface area contributed by atoms with Crippen molar-refractivity contribution in [3.63, 3.8) is 0 Å². The maximum Gasteiger partial charge on any atom is 0.237 e. The molecule has 3 atom stereocenters. The standard InChI is InChI=1S/C22H24ClN5O2/c1-13(22(30)27-10-14-7-17-18(23)11-26-21(17)25-9-14)28-12-16(8-19(28)20(24)29)15-5-3-2-4-6-15/h2-7,9,11,13,16,19H,8,10,12H2,1H3,(H2,24,29)(H,25,26)(H,27,30)/t13-,16?,19?/m0/s1. The van der Waals surface area contributed by atoms with Gasteiger partial charge in [0, 0.05) is 30.9 Å². The zero-order valence-electron chi connectivity index (χ0n) is 16.6. The molecule has 4 rings (SSSR count). The Balaban J connectivity index is 1.43. The van der Waals surface area contributed by atoms with E-state index in [0.717, 1.165) is 16.5 Å². The first-order valence-electron chi connectivity index (χ1n) is 9.93. The van der Waals surface area contributed by atoms with Gasteiger partial charge in [-0.05, 0) is 36.5 Å². The molecule has 1 aliphatic rings. The van der Waals surface area contributed by atoms with Gasteiger partial charge in [0.15, 0.2) is 0 Å². The lowest BCUT2D eigenvalue weighted by molar-refractivity contribution is -0.129. The van der Waals surface area contributed by atoms with Crippen molar-refractivity contribution >= 4 is 34.4 Å². The first-order chi connectivity index (χ1) is 14.4. The lowest BCUT2D eigenvalue weighted by Gasteiger charge is -2.28. The molecule has 3 aromatic rings. The molecule has 0 aliphatic carbocycles. The summed E-state index contributed by atoms with van der Waals surface area (Å²) in [6, 6.07) is 11.0. The van der Waals surface area contributed by atoms with E-state index in [4.69, 9.17) is 17.3 Å². The van der Waals surface area contributed by atoms with Crippen LogP contribution in [-0.4, -0.2) is 45.3 Å². The molecule has 1 saturated heterocycles. The van der Waals surface area contributed by atoms with E-state index in [0.29, 0.717) is 30.2 Å². The number of halogens is 1. The van der Waals surface area contributed by atoms with Crippen LogP contribution in [0, 0.1) is 0 Å². The Morgan fingerprint density at radius 3 is 2.87 bits per heavy atom. The Morgan fingerprint density at radius 2 is 2.13 bits per heavy atom. The van der Waals surface area contributed by atoms with E-state index in [9.17, 15) is 9.59 Å². The zero-order chi connectivity index (χ0) is 21.3. The predicted molar refractivity (Wildman–Crippen MR) is 116 cm³/mol. The molecule has 1 aromatic carbocycles. The number of primary amides is 1. The van der Waals surface area contributed by atoms with Crippen LogP contribution in [0.1, 0.15) is 30.4 Å². The molecule has 2 aromatic heterocycles. The second-order valence-corrected chi connectivity index (χ2v) is 8.14. The number of hydrogen-bond acceptors (Lipinski definition) is 4. The van der Waals surface area contributed by atoms with Crippen molar-refractivity contribution in [2.45, 2.75) is 37.9 Å². The summed E-state index contributed by atoms with van der Waals surface area (Å²) in [6.07, 6.45) is 4.00. The Labute approximate surface area is 179 Å². The lowest BCUT2D eigenvalue weighted by Crippen LogP contribution is -2.51. The SMILES string of the molecule is C[C@@H](C(=O)NCc1cnc2[nH]cc(Cl)c2c1)N1CC(c2ccccc2)CC1C(N)=O.